The van der Waals surface area contributed by atoms with Gasteiger partial charge in [-0.1, -0.05) is 13.3 Å². The highest BCUT2D eigenvalue weighted by Crippen LogP contribution is 2.39. The molecule has 7 heteroatoms. The van der Waals surface area contributed by atoms with Crippen LogP contribution in [0.4, 0.5) is 13.2 Å². The lowest BCUT2D eigenvalue weighted by Gasteiger charge is -2.31. The number of nitrogens with zero attached hydrogens (tertiary/aromatic N) is 1. The molecule has 0 radical (unpaired) electrons. The Balaban J connectivity index is 2.75. The fourth-order valence-corrected chi connectivity index (χ4v) is 2.92. The van der Waals surface area contributed by atoms with Crippen LogP contribution < -0.4 is 5.32 Å². The lowest BCUT2D eigenvalue weighted by Crippen LogP contribution is -2.43. The number of halogens is 3. The normalized spacial score (nSPS) is 24.7. The van der Waals surface area contributed by atoms with E-state index in [1.54, 1.807) is 12.0 Å². The summed E-state index contributed by atoms with van der Waals surface area (Å²) < 4.78 is 45.1. The second-order valence-corrected chi connectivity index (χ2v) is 7.22. The van der Waals surface area contributed by atoms with Crippen LogP contribution in [0.3, 0.4) is 0 Å². The van der Waals surface area contributed by atoms with Crippen LogP contribution in [0.25, 0.3) is 0 Å². The molecule has 1 amide bonds. The number of likely N-dealkylation sites (tertiary alicyclic amines) is 1. The first-order valence-corrected chi connectivity index (χ1v) is 8.13. The van der Waals surface area contributed by atoms with Crippen molar-refractivity contribution in [2.24, 2.45) is 11.8 Å². The molecule has 0 aromatic heterocycles. The fourth-order valence-electron chi connectivity index (χ4n) is 2.92. The Morgan fingerprint density at radius 2 is 1.91 bits per heavy atom. The van der Waals surface area contributed by atoms with Crippen LogP contribution in [0.1, 0.15) is 40.5 Å². The molecule has 1 aliphatic rings. The van der Waals surface area contributed by atoms with Gasteiger partial charge in [-0.15, -0.1) is 0 Å². The lowest BCUT2D eigenvalue weighted by molar-refractivity contribution is -0.184. The van der Waals surface area contributed by atoms with E-state index in [0.29, 0.717) is 0 Å². The van der Waals surface area contributed by atoms with Crippen LogP contribution >= 0.6 is 0 Å². The minimum Gasteiger partial charge on any atom is -0.380 e. The van der Waals surface area contributed by atoms with Crippen molar-refractivity contribution in [1.82, 2.24) is 10.2 Å². The van der Waals surface area contributed by atoms with E-state index in [1.165, 1.54) is 0 Å². The predicted molar refractivity (Wildman–Crippen MR) is 83.1 cm³/mol. The van der Waals surface area contributed by atoms with Gasteiger partial charge in [0.1, 0.15) is 0 Å². The molecule has 23 heavy (non-hydrogen) atoms. The van der Waals surface area contributed by atoms with E-state index in [-0.39, 0.29) is 25.7 Å². The minimum absolute atomic E-state index is 0.130. The number of alkyl halides is 3. The van der Waals surface area contributed by atoms with E-state index in [0.717, 1.165) is 12.8 Å². The molecule has 4 nitrogen and oxygen atoms in total. The monoisotopic (exact) mass is 338 g/mol. The van der Waals surface area contributed by atoms with Crippen molar-refractivity contribution in [1.29, 1.82) is 0 Å². The summed E-state index contributed by atoms with van der Waals surface area (Å²) in [5, 5.41) is 2.64. The summed E-state index contributed by atoms with van der Waals surface area (Å²) in [5.41, 5.74) is -0.393. The Kier molecular flexibility index (Phi) is 6.89. The Hall–Kier alpha value is -0.820. The highest BCUT2D eigenvalue weighted by atomic mass is 19.4. The second kappa shape index (κ2) is 7.83. The summed E-state index contributed by atoms with van der Waals surface area (Å²) in [7, 11) is 1.54. The van der Waals surface area contributed by atoms with Gasteiger partial charge in [0.25, 0.3) is 0 Å². The number of methoxy groups -OCH3 is 1. The van der Waals surface area contributed by atoms with E-state index in [1.807, 2.05) is 27.7 Å². The largest absolute Gasteiger partial charge is 0.393 e. The quantitative estimate of drug-likeness (QED) is 0.810. The highest BCUT2D eigenvalue weighted by molar-refractivity contribution is 5.79. The van der Waals surface area contributed by atoms with Gasteiger partial charge in [-0.2, -0.15) is 13.2 Å². The van der Waals surface area contributed by atoms with Crippen molar-refractivity contribution < 1.29 is 22.7 Å². The summed E-state index contributed by atoms with van der Waals surface area (Å²) in [6.07, 6.45) is -2.88. The van der Waals surface area contributed by atoms with Crippen molar-refractivity contribution >= 4 is 5.91 Å². The van der Waals surface area contributed by atoms with Gasteiger partial charge in [-0.25, -0.2) is 0 Å². The summed E-state index contributed by atoms with van der Waals surface area (Å²) in [6.45, 7) is 7.83. The smallest absolute Gasteiger partial charge is 0.380 e. The molecule has 0 bridgehead atoms. The maximum Gasteiger partial charge on any atom is 0.393 e. The average molecular weight is 338 g/mol. The molecule has 1 N–H and O–H groups in total. The van der Waals surface area contributed by atoms with E-state index in [2.05, 4.69) is 5.32 Å². The molecule has 1 fully saturated rings. The summed E-state index contributed by atoms with van der Waals surface area (Å²) >= 11 is 0. The van der Waals surface area contributed by atoms with E-state index in [9.17, 15) is 18.0 Å². The average Bonchev–Trinajstić information content (AvgIpc) is 2.88. The van der Waals surface area contributed by atoms with Gasteiger partial charge in [0.2, 0.25) is 5.91 Å². The zero-order chi connectivity index (χ0) is 17.8. The molecule has 3 atom stereocenters. The maximum atomic E-state index is 13.3. The Morgan fingerprint density at radius 1 is 1.30 bits per heavy atom. The zero-order valence-corrected chi connectivity index (χ0v) is 14.7. The van der Waals surface area contributed by atoms with Gasteiger partial charge in [0.05, 0.1) is 17.9 Å². The van der Waals surface area contributed by atoms with E-state index < -0.39 is 29.5 Å². The van der Waals surface area contributed by atoms with Gasteiger partial charge in [-0.05, 0) is 27.2 Å². The van der Waals surface area contributed by atoms with Gasteiger partial charge < -0.3 is 10.1 Å². The lowest BCUT2D eigenvalue weighted by atomic mass is 9.94. The van der Waals surface area contributed by atoms with Crippen molar-refractivity contribution in [3.63, 3.8) is 0 Å². The Morgan fingerprint density at radius 3 is 2.35 bits per heavy atom. The van der Waals surface area contributed by atoms with Crippen LogP contribution in [0.15, 0.2) is 0 Å². The van der Waals surface area contributed by atoms with Gasteiger partial charge in [0.15, 0.2) is 0 Å². The molecular formula is C16H29F3N2O2. The molecule has 1 saturated heterocycles. The number of carbonyl (C=O) groups is 1. The van der Waals surface area contributed by atoms with E-state index >= 15 is 0 Å². The van der Waals surface area contributed by atoms with E-state index in [4.69, 9.17) is 4.74 Å². The summed E-state index contributed by atoms with van der Waals surface area (Å²) in [5.74, 6) is -3.21. The third-order valence-corrected chi connectivity index (χ3v) is 4.47. The van der Waals surface area contributed by atoms with Gasteiger partial charge >= 0.3 is 6.18 Å². The van der Waals surface area contributed by atoms with Crippen LogP contribution in [-0.4, -0.2) is 55.4 Å². The van der Waals surface area contributed by atoms with Crippen LogP contribution in [0, 0.1) is 11.8 Å². The third-order valence-electron chi connectivity index (χ3n) is 4.47. The molecule has 0 aromatic rings. The zero-order valence-electron chi connectivity index (χ0n) is 14.7. The topological polar surface area (TPSA) is 41.6 Å². The number of rotatable bonds is 6. The van der Waals surface area contributed by atoms with Gasteiger partial charge in [0, 0.05) is 32.3 Å². The van der Waals surface area contributed by atoms with Gasteiger partial charge in [-0.3, -0.25) is 9.69 Å². The molecule has 1 aliphatic heterocycles. The number of ether oxygens (including phenoxy) is 1. The molecule has 0 saturated carbocycles. The fraction of sp³-hybridized carbons (Fsp3) is 0.938. The molecule has 1 unspecified atom stereocenters. The highest BCUT2D eigenvalue weighted by Gasteiger charge is 2.53. The molecule has 0 aromatic carbocycles. The maximum absolute atomic E-state index is 13.3. The van der Waals surface area contributed by atoms with Crippen molar-refractivity contribution in [3.05, 3.63) is 0 Å². The van der Waals surface area contributed by atoms with Crippen LogP contribution in [0.2, 0.25) is 0 Å². The molecule has 0 spiro atoms. The van der Waals surface area contributed by atoms with Crippen molar-refractivity contribution in [2.75, 3.05) is 26.7 Å². The third kappa shape index (κ3) is 5.64. The number of hydrogen-bond donors (Lipinski definition) is 1. The second-order valence-electron chi connectivity index (χ2n) is 7.22. The molecule has 1 rings (SSSR count). The molecule has 0 aliphatic carbocycles. The van der Waals surface area contributed by atoms with Crippen LogP contribution in [-0.2, 0) is 9.53 Å². The summed E-state index contributed by atoms with van der Waals surface area (Å²) in [6, 6.07) is 0. The first-order valence-electron chi connectivity index (χ1n) is 8.13. The number of carbonyl (C=O) groups excluding carboxylic acids is 1. The van der Waals surface area contributed by atoms with Crippen molar-refractivity contribution in [2.45, 2.75) is 58.4 Å². The number of nitrogens with one attached hydrogen (secondary N) is 1. The molecule has 136 valence electrons. The predicted octanol–water partition coefficient (Wildman–Crippen LogP) is 2.83. The minimum atomic E-state index is -4.37. The molecular weight excluding hydrogens is 309 g/mol. The standard InChI is InChI=1S/C16H29F3N2O2/c1-6-7-11(23-5)8-20-14(22)12-9-21(15(2,3)4)10-13(12)16(17,18)19/h11-13H,6-10H2,1-5H3,(H,20,22)/t11?,12-,13-/m1/s1. The number of amides is 1. The first-order chi connectivity index (χ1) is 10.5. The Labute approximate surface area is 136 Å². The van der Waals surface area contributed by atoms with Crippen molar-refractivity contribution in [3.8, 4) is 0 Å². The van der Waals surface area contributed by atoms with Crippen LogP contribution in [0.5, 0.6) is 0 Å². The first kappa shape index (κ1) is 20.2. The molecule has 1 heterocycles. The SMILES string of the molecule is CCCC(CNC(=O)[C@@H]1CN(C(C)(C)C)C[C@H]1C(F)(F)F)OC. The summed E-state index contributed by atoms with van der Waals surface area (Å²) in [4.78, 5) is 14.0. The number of hydrogen-bond acceptors (Lipinski definition) is 3. The Bertz CT molecular complexity index is 394.